The van der Waals surface area contributed by atoms with Gasteiger partial charge in [-0.15, -0.1) is 0 Å². The third-order valence-corrected chi connectivity index (χ3v) is 14.2. The van der Waals surface area contributed by atoms with Crippen LogP contribution in [0.25, 0.3) is 0 Å². The van der Waals surface area contributed by atoms with Crippen molar-refractivity contribution >= 4 is 12.8 Å². The van der Waals surface area contributed by atoms with Crippen LogP contribution in [0.3, 0.4) is 0 Å². The molecule has 0 atom stereocenters. The Hall–Kier alpha value is -0.100. The second kappa shape index (κ2) is 21.2. The fourth-order valence-corrected chi connectivity index (χ4v) is 12.2. The van der Waals surface area contributed by atoms with E-state index in [0.29, 0.717) is 6.42 Å². The van der Waals surface area contributed by atoms with Crippen molar-refractivity contribution < 1.29 is 9.32 Å². The summed E-state index contributed by atoms with van der Waals surface area (Å²) in [5.74, 6) is 0.142. The average Bonchev–Trinajstić information content (AvgIpc) is 2.82. The Bertz CT molecular complexity index is 405. The van der Waals surface area contributed by atoms with Gasteiger partial charge in [-0.05, 0) is 0 Å². The van der Waals surface area contributed by atoms with E-state index in [9.17, 15) is 4.79 Å². The zero-order valence-electron chi connectivity index (χ0n) is 23.7. The van der Waals surface area contributed by atoms with Gasteiger partial charge in [-0.25, -0.2) is 0 Å². The van der Waals surface area contributed by atoms with Crippen molar-refractivity contribution in [3.05, 3.63) is 0 Å². The molecule has 33 heavy (non-hydrogen) atoms. The van der Waals surface area contributed by atoms with Crippen LogP contribution >= 0.6 is 6.83 Å². The summed E-state index contributed by atoms with van der Waals surface area (Å²) < 4.78 is 6.82. The van der Waals surface area contributed by atoms with Gasteiger partial charge in [0, 0.05) is 0 Å². The molecule has 0 rings (SSSR count). The summed E-state index contributed by atoms with van der Waals surface area (Å²) in [5, 5.41) is 0. The van der Waals surface area contributed by atoms with E-state index in [1.54, 1.807) is 0 Å². The Morgan fingerprint density at radius 1 is 0.455 bits per heavy atom. The minimum atomic E-state index is -2.44. The van der Waals surface area contributed by atoms with Crippen molar-refractivity contribution in [2.45, 2.75) is 163 Å². The molecule has 2 nitrogen and oxygen atoms in total. The van der Waals surface area contributed by atoms with Gasteiger partial charge in [-0.2, -0.15) is 0 Å². The molecule has 0 aromatic heterocycles. The first-order chi connectivity index (χ1) is 16.0. The van der Waals surface area contributed by atoms with E-state index in [1.165, 1.54) is 140 Å². The van der Waals surface area contributed by atoms with Crippen molar-refractivity contribution in [1.82, 2.24) is 0 Å². The summed E-state index contributed by atoms with van der Waals surface area (Å²) in [6.45, 7) is 9.00. The molecule has 0 aromatic rings. The van der Waals surface area contributed by atoms with Crippen LogP contribution in [0.5, 0.6) is 0 Å². The molecule has 0 aliphatic heterocycles. The van der Waals surface area contributed by atoms with E-state index >= 15 is 0 Å². The van der Waals surface area contributed by atoms with Crippen LogP contribution in [0.15, 0.2) is 0 Å². The fourth-order valence-electron chi connectivity index (χ4n) is 5.35. The third kappa shape index (κ3) is 15.5. The molecule has 0 radical (unpaired) electrons. The summed E-state index contributed by atoms with van der Waals surface area (Å²) in [4.78, 5) is 13.2. The van der Waals surface area contributed by atoms with Crippen molar-refractivity contribution in [1.29, 1.82) is 0 Å². The van der Waals surface area contributed by atoms with E-state index < -0.39 is 6.83 Å². The summed E-state index contributed by atoms with van der Waals surface area (Å²) in [7, 11) is 0. The van der Waals surface area contributed by atoms with Gasteiger partial charge in [0.25, 0.3) is 0 Å². The summed E-state index contributed by atoms with van der Waals surface area (Å²) >= 11 is 0. The summed E-state index contributed by atoms with van der Waals surface area (Å²) in [6, 6.07) is 0. The number of carbonyl (C=O) groups excluding carboxylic acids is 1. The van der Waals surface area contributed by atoms with Crippen LogP contribution in [0.4, 0.5) is 0 Å². The molecule has 0 saturated carbocycles. The van der Waals surface area contributed by atoms with Crippen molar-refractivity contribution in [2.75, 3.05) is 24.6 Å². The molecule has 3 heteroatoms. The Balaban J connectivity index is 4.71. The Labute approximate surface area is 209 Å². The third-order valence-electron chi connectivity index (χ3n) is 7.65. The number of hydrogen-bond acceptors (Lipinski definition) is 2. The molecule has 0 heterocycles. The van der Waals surface area contributed by atoms with Gasteiger partial charge in [0.2, 0.25) is 0 Å². The quantitative estimate of drug-likeness (QED) is 0.0947. The van der Waals surface area contributed by atoms with Crippen LogP contribution in [-0.2, 0) is 9.32 Å². The predicted octanol–water partition coefficient (Wildman–Crippen LogP) is 10.9. The van der Waals surface area contributed by atoms with E-state index in [4.69, 9.17) is 4.52 Å². The molecule has 0 N–H and O–H groups in total. The predicted molar refractivity (Wildman–Crippen MR) is 153 cm³/mol. The maximum atomic E-state index is 13.2. The standard InChI is InChI=1S/C30H63O2P/c1-6-11-16-17-18-19-20-21-22-23-24-25-30(31)32-33(26-12-7-2,27-13-8-3,28-14-9-4)29-15-10-5/h6-29H2,1-5H3. The average molecular weight is 487 g/mol. The number of hydrogen-bond donors (Lipinski definition) is 0. The number of unbranched alkanes of at least 4 members (excludes halogenated alkanes) is 14. The Kier molecular flexibility index (Phi) is 21.1. The molecule has 0 aromatic carbocycles. The van der Waals surface area contributed by atoms with Crippen LogP contribution in [0, 0.1) is 0 Å². The molecule has 0 saturated heterocycles. The second-order valence-corrected chi connectivity index (χ2v) is 16.6. The van der Waals surface area contributed by atoms with Crippen molar-refractivity contribution in [3.63, 3.8) is 0 Å². The van der Waals surface area contributed by atoms with E-state index in [0.717, 1.165) is 6.42 Å². The Morgan fingerprint density at radius 2 is 0.758 bits per heavy atom. The van der Waals surface area contributed by atoms with Crippen LogP contribution in [-0.4, -0.2) is 30.6 Å². The maximum absolute atomic E-state index is 13.2. The molecule has 0 aliphatic carbocycles. The molecule has 200 valence electrons. The van der Waals surface area contributed by atoms with Crippen molar-refractivity contribution in [3.8, 4) is 0 Å². The van der Waals surface area contributed by atoms with E-state index in [2.05, 4.69) is 34.6 Å². The molecule has 0 aliphatic rings. The zero-order chi connectivity index (χ0) is 24.7. The molecule has 0 spiro atoms. The SMILES string of the molecule is CCCCCCCCCCCCCC(=O)OP(CCCC)(CCCC)(CCCC)CCCC. The topological polar surface area (TPSA) is 26.3 Å². The number of carbonyl (C=O) groups is 1. The first kappa shape index (κ1) is 32.9. The molecule has 0 fully saturated rings. The summed E-state index contributed by atoms with van der Waals surface area (Å²) in [5.41, 5.74) is 0. The first-order valence-corrected chi connectivity index (χ1v) is 18.1. The molecule has 0 bridgehead atoms. The zero-order valence-corrected chi connectivity index (χ0v) is 24.6. The summed E-state index contributed by atoms with van der Waals surface area (Å²) in [6.07, 6.45) is 29.7. The van der Waals surface area contributed by atoms with Gasteiger partial charge in [0.05, 0.1) is 0 Å². The van der Waals surface area contributed by atoms with Gasteiger partial charge < -0.3 is 0 Å². The molecular weight excluding hydrogens is 423 g/mol. The Morgan fingerprint density at radius 3 is 1.09 bits per heavy atom. The molecule has 0 amide bonds. The van der Waals surface area contributed by atoms with Gasteiger partial charge in [0.1, 0.15) is 0 Å². The van der Waals surface area contributed by atoms with Gasteiger partial charge in [0.15, 0.2) is 0 Å². The monoisotopic (exact) mass is 486 g/mol. The number of rotatable bonds is 25. The van der Waals surface area contributed by atoms with Crippen LogP contribution in [0.2, 0.25) is 0 Å². The minimum absolute atomic E-state index is 0.142. The van der Waals surface area contributed by atoms with E-state index in [1.807, 2.05) is 0 Å². The molecular formula is C30H63O2P. The van der Waals surface area contributed by atoms with E-state index in [-0.39, 0.29) is 5.97 Å². The fraction of sp³-hybridized carbons (Fsp3) is 0.967. The van der Waals surface area contributed by atoms with Crippen LogP contribution in [0.1, 0.15) is 163 Å². The van der Waals surface area contributed by atoms with Gasteiger partial charge >= 0.3 is 190 Å². The van der Waals surface area contributed by atoms with Crippen molar-refractivity contribution in [2.24, 2.45) is 0 Å². The van der Waals surface area contributed by atoms with Crippen LogP contribution < -0.4 is 0 Å². The van der Waals surface area contributed by atoms with Gasteiger partial charge in [-0.3, -0.25) is 0 Å². The normalized spacial score (nSPS) is 13.1. The second-order valence-electron chi connectivity index (χ2n) is 10.9. The molecule has 0 unspecified atom stereocenters. The van der Waals surface area contributed by atoms with Gasteiger partial charge in [-0.1, -0.05) is 19.8 Å². The first-order valence-electron chi connectivity index (χ1n) is 15.2.